The topological polar surface area (TPSA) is 32.3 Å². The van der Waals surface area contributed by atoms with Crippen molar-refractivity contribution < 1.29 is 4.79 Å². The highest BCUT2D eigenvalue weighted by Gasteiger charge is 2.14. The molecule has 0 saturated heterocycles. The van der Waals surface area contributed by atoms with Gasteiger partial charge < -0.3 is 10.2 Å². The molecule has 0 radical (unpaired) electrons. The van der Waals surface area contributed by atoms with Crippen molar-refractivity contribution in [1.82, 2.24) is 0 Å². The van der Waals surface area contributed by atoms with Gasteiger partial charge in [-0.3, -0.25) is 4.79 Å². The van der Waals surface area contributed by atoms with Gasteiger partial charge in [0.25, 0.3) is 0 Å². The van der Waals surface area contributed by atoms with Gasteiger partial charge >= 0.3 is 0 Å². The molecule has 0 saturated carbocycles. The van der Waals surface area contributed by atoms with E-state index in [0.29, 0.717) is 6.04 Å². The van der Waals surface area contributed by atoms with E-state index in [1.54, 1.807) is 6.92 Å². The maximum Gasteiger partial charge on any atom is 0.223 e. The molecular formula is C15H24N2O. The summed E-state index contributed by atoms with van der Waals surface area (Å²) in [7, 11) is 0. The fourth-order valence-corrected chi connectivity index (χ4v) is 1.87. The molecule has 1 unspecified atom stereocenters. The van der Waals surface area contributed by atoms with E-state index < -0.39 is 0 Å². The second-order valence-electron chi connectivity index (χ2n) is 4.64. The predicted octanol–water partition coefficient (Wildman–Crippen LogP) is 3.66. The highest BCUT2D eigenvalue weighted by molar-refractivity contribution is 5.95. The van der Waals surface area contributed by atoms with Gasteiger partial charge in [-0.15, -0.1) is 0 Å². The number of nitrogens with one attached hydrogen (secondary N) is 1. The van der Waals surface area contributed by atoms with E-state index in [9.17, 15) is 4.79 Å². The van der Waals surface area contributed by atoms with E-state index >= 15 is 0 Å². The molecule has 1 atom stereocenters. The maximum atomic E-state index is 11.7. The van der Waals surface area contributed by atoms with Crippen molar-refractivity contribution in [1.29, 1.82) is 0 Å². The fraction of sp³-hybridized carbons (Fsp3) is 0.533. The summed E-state index contributed by atoms with van der Waals surface area (Å²) in [6.45, 7) is 8.76. The number of nitrogens with zero attached hydrogens (tertiary/aromatic N) is 1. The van der Waals surface area contributed by atoms with E-state index in [1.807, 2.05) is 29.2 Å². The largest absolute Gasteiger partial charge is 0.381 e. The number of hydrogen-bond donors (Lipinski definition) is 1. The average Bonchev–Trinajstić information content (AvgIpc) is 2.36. The molecular weight excluding hydrogens is 224 g/mol. The molecule has 0 bridgehead atoms. The first-order valence-corrected chi connectivity index (χ1v) is 6.73. The molecule has 0 fully saturated rings. The maximum absolute atomic E-state index is 11.7. The lowest BCUT2D eigenvalue weighted by atomic mass is 10.2. The van der Waals surface area contributed by atoms with Crippen LogP contribution in [0, 0.1) is 0 Å². The lowest BCUT2D eigenvalue weighted by molar-refractivity contribution is -0.116. The van der Waals surface area contributed by atoms with E-state index in [1.165, 1.54) is 0 Å². The summed E-state index contributed by atoms with van der Waals surface area (Å²) in [4.78, 5) is 13.6. The second-order valence-corrected chi connectivity index (χ2v) is 4.64. The molecule has 3 heteroatoms. The van der Waals surface area contributed by atoms with Crippen LogP contribution in [0.2, 0.25) is 0 Å². The highest BCUT2D eigenvalue weighted by atomic mass is 16.2. The zero-order chi connectivity index (χ0) is 13.5. The van der Waals surface area contributed by atoms with Gasteiger partial charge in [0.2, 0.25) is 5.91 Å². The SMILES string of the molecule is CCCN(C(C)=O)c1ccccc1NC(C)CC. The van der Waals surface area contributed by atoms with Crippen molar-refractivity contribution in [3.63, 3.8) is 0 Å². The van der Waals surface area contributed by atoms with Crippen LogP contribution in [-0.2, 0) is 4.79 Å². The summed E-state index contributed by atoms with van der Waals surface area (Å²) in [5, 5.41) is 3.46. The Morgan fingerprint density at radius 2 is 2.00 bits per heavy atom. The Bertz CT molecular complexity index is 390. The van der Waals surface area contributed by atoms with Crippen LogP contribution in [0.1, 0.15) is 40.5 Å². The number of benzene rings is 1. The minimum Gasteiger partial charge on any atom is -0.381 e. The van der Waals surface area contributed by atoms with Crippen molar-refractivity contribution in [2.45, 2.75) is 46.6 Å². The second kappa shape index (κ2) is 7.04. The summed E-state index contributed by atoms with van der Waals surface area (Å²) in [6, 6.07) is 8.41. The number of para-hydroxylation sites is 2. The molecule has 0 aliphatic carbocycles. The molecule has 0 heterocycles. The summed E-state index contributed by atoms with van der Waals surface area (Å²) in [5.41, 5.74) is 2.02. The Labute approximate surface area is 110 Å². The van der Waals surface area contributed by atoms with Crippen LogP contribution in [0.4, 0.5) is 11.4 Å². The van der Waals surface area contributed by atoms with Crippen molar-refractivity contribution in [2.75, 3.05) is 16.8 Å². The molecule has 0 aliphatic heterocycles. The van der Waals surface area contributed by atoms with Gasteiger partial charge in [0.1, 0.15) is 0 Å². The molecule has 1 amide bonds. The van der Waals surface area contributed by atoms with E-state index in [-0.39, 0.29) is 5.91 Å². The van der Waals surface area contributed by atoms with Crippen LogP contribution < -0.4 is 10.2 Å². The Kier molecular flexibility index (Phi) is 5.69. The third-order valence-electron chi connectivity index (χ3n) is 3.04. The van der Waals surface area contributed by atoms with Crippen LogP contribution in [0.15, 0.2) is 24.3 Å². The van der Waals surface area contributed by atoms with Crippen LogP contribution in [0.3, 0.4) is 0 Å². The minimum atomic E-state index is 0.0928. The van der Waals surface area contributed by atoms with Crippen LogP contribution in [-0.4, -0.2) is 18.5 Å². The number of anilines is 2. The molecule has 3 nitrogen and oxygen atoms in total. The van der Waals surface area contributed by atoms with Crippen molar-refractivity contribution in [2.24, 2.45) is 0 Å². The zero-order valence-electron chi connectivity index (χ0n) is 11.9. The Morgan fingerprint density at radius 3 is 2.56 bits per heavy atom. The molecule has 1 N–H and O–H groups in total. The zero-order valence-corrected chi connectivity index (χ0v) is 11.9. The van der Waals surface area contributed by atoms with Crippen LogP contribution >= 0.6 is 0 Å². The lowest BCUT2D eigenvalue weighted by Gasteiger charge is -2.25. The van der Waals surface area contributed by atoms with Gasteiger partial charge in [-0.05, 0) is 31.9 Å². The first-order chi connectivity index (χ1) is 8.60. The third-order valence-corrected chi connectivity index (χ3v) is 3.04. The van der Waals surface area contributed by atoms with Crippen LogP contribution in [0.5, 0.6) is 0 Å². The van der Waals surface area contributed by atoms with Gasteiger partial charge in [0.05, 0.1) is 11.4 Å². The van der Waals surface area contributed by atoms with E-state index in [2.05, 4.69) is 26.1 Å². The Balaban J connectivity index is 3.01. The number of hydrogen-bond acceptors (Lipinski definition) is 2. The molecule has 0 aromatic heterocycles. The minimum absolute atomic E-state index is 0.0928. The van der Waals surface area contributed by atoms with Crippen molar-refractivity contribution in [3.8, 4) is 0 Å². The molecule has 1 aromatic rings. The quantitative estimate of drug-likeness (QED) is 0.833. The average molecular weight is 248 g/mol. The van der Waals surface area contributed by atoms with Crippen LogP contribution in [0.25, 0.3) is 0 Å². The molecule has 0 aliphatic rings. The predicted molar refractivity (Wildman–Crippen MR) is 78.1 cm³/mol. The summed E-state index contributed by atoms with van der Waals surface area (Å²) >= 11 is 0. The van der Waals surface area contributed by atoms with E-state index in [4.69, 9.17) is 0 Å². The van der Waals surface area contributed by atoms with Gasteiger partial charge in [-0.1, -0.05) is 26.0 Å². The number of carbonyl (C=O) groups is 1. The van der Waals surface area contributed by atoms with E-state index in [0.717, 1.165) is 30.8 Å². The molecule has 0 spiro atoms. The van der Waals surface area contributed by atoms with Gasteiger partial charge in [-0.2, -0.15) is 0 Å². The van der Waals surface area contributed by atoms with Gasteiger partial charge in [0.15, 0.2) is 0 Å². The standard InChI is InChI=1S/C15H24N2O/c1-5-11-17(13(4)18)15-10-8-7-9-14(15)16-12(3)6-2/h7-10,12,16H,5-6,11H2,1-4H3. The normalized spacial score (nSPS) is 12.0. The Hall–Kier alpha value is -1.51. The summed E-state index contributed by atoms with van der Waals surface area (Å²) in [6.07, 6.45) is 2.01. The van der Waals surface area contributed by atoms with Crippen molar-refractivity contribution >= 4 is 17.3 Å². The summed E-state index contributed by atoms with van der Waals surface area (Å²) in [5.74, 6) is 0.0928. The monoisotopic (exact) mass is 248 g/mol. The number of rotatable bonds is 6. The smallest absolute Gasteiger partial charge is 0.223 e. The molecule has 1 rings (SSSR count). The molecule has 18 heavy (non-hydrogen) atoms. The first kappa shape index (κ1) is 14.6. The number of carbonyl (C=O) groups excluding carboxylic acids is 1. The van der Waals surface area contributed by atoms with Gasteiger partial charge in [0, 0.05) is 19.5 Å². The summed E-state index contributed by atoms with van der Waals surface area (Å²) < 4.78 is 0. The molecule has 1 aromatic carbocycles. The third kappa shape index (κ3) is 3.76. The van der Waals surface area contributed by atoms with Crippen molar-refractivity contribution in [3.05, 3.63) is 24.3 Å². The Morgan fingerprint density at radius 1 is 1.33 bits per heavy atom. The van der Waals surface area contributed by atoms with Gasteiger partial charge in [-0.25, -0.2) is 0 Å². The number of amides is 1. The first-order valence-electron chi connectivity index (χ1n) is 6.73. The highest BCUT2D eigenvalue weighted by Crippen LogP contribution is 2.26. The lowest BCUT2D eigenvalue weighted by Crippen LogP contribution is -2.30. The fourth-order valence-electron chi connectivity index (χ4n) is 1.87. The molecule has 100 valence electrons.